The Morgan fingerprint density at radius 1 is 1.00 bits per heavy atom. The van der Waals surface area contributed by atoms with Gasteiger partial charge in [0, 0.05) is 16.7 Å². The van der Waals surface area contributed by atoms with Crippen molar-refractivity contribution in [3.05, 3.63) is 40.9 Å². The number of carbonyl (C=O) groups is 1. The summed E-state index contributed by atoms with van der Waals surface area (Å²) >= 11 is 5.93. The van der Waals surface area contributed by atoms with E-state index in [1.54, 1.807) is 18.2 Å². The van der Waals surface area contributed by atoms with E-state index in [-0.39, 0.29) is 11.3 Å². The van der Waals surface area contributed by atoms with Crippen LogP contribution in [0.15, 0.2) is 35.3 Å². The molecule has 6 rings (SSSR count). The Morgan fingerprint density at radius 3 is 2.17 bits per heavy atom. The summed E-state index contributed by atoms with van der Waals surface area (Å²) in [6.07, 6.45) is 9.07. The number of nitrogens with zero attached hydrogens (tertiary/aromatic N) is 1. The van der Waals surface area contributed by atoms with Gasteiger partial charge in [-0.05, 0) is 80.5 Å². The van der Waals surface area contributed by atoms with Gasteiger partial charge in [0.05, 0.1) is 5.54 Å². The van der Waals surface area contributed by atoms with E-state index in [2.05, 4.69) is 0 Å². The zero-order valence-corrected chi connectivity index (χ0v) is 14.3. The van der Waals surface area contributed by atoms with E-state index in [1.807, 2.05) is 12.1 Å². The predicted octanol–water partition coefficient (Wildman–Crippen LogP) is 4.65. The van der Waals surface area contributed by atoms with Crippen LogP contribution >= 0.6 is 11.6 Å². The molecule has 24 heavy (non-hydrogen) atoms. The molecule has 0 radical (unpaired) electrons. The first kappa shape index (κ1) is 14.7. The summed E-state index contributed by atoms with van der Waals surface area (Å²) in [7, 11) is 0. The van der Waals surface area contributed by atoms with Gasteiger partial charge in [0.1, 0.15) is 5.76 Å². The molecule has 1 aromatic rings. The first-order valence-electron chi connectivity index (χ1n) is 8.88. The molecule has 1 heterocycles. The summed E-state index contributed by atoms with van der Waals surface area (Å²) in [5.74, 6) is 3.19. The molecule has 4 bridgehead atoms. The van der Waals surface area contributed by atoms with Crippen LogP contribution in [0.5, 0.6) is 0 Å². The maximum atomic E-state index is 12.4. The lowest BCUT2D eigenvalue weighted by Crippen LogP contribution is -2.50. The minimum atomic E-state index is -0.101. The molecule has 1 aromatic carbocycles. The number of benzene rings is 1. The van der Waals surface area contributed by atoms with Crippen LogP contribution in [-0.2, 0) is 9.53 Å². The molecule has 3 nitrogen and oxygen atoms in total. The smallest absolute Gasteiger partial charge is 0.264 e. The number of ketones is 1. The van der Waals surface area contributed by atoms with Crippen molar-refractivity contribution in [1.29, 1.82) is 0 Å². The fourth-order valence-electron chi connectivity index (χ4n) is 5.62. The molecule has 4 fully saturated rings. The van der Waals surface area contributed by atoms with Crippen LogP contribution in [0.2, 0.25) is 5.02 Å². The lowest BCUT2D eigenvalue weighted by atomic mass is 9.53. The van der Waals surface area contributed by atoms with E-state index in [0.717, 1.165) is 42.6 Å². The Hall–Kier alpha value is -1.61. The van der Waals surface area contributed by atoms with Crippen LogP contribution < -0.4 is 0 Å². The maximum absolute atomic E-state index is 12.4. The van der Waals surface area contributed by atoms with Gasteiger partial charge in [0.2, 0.25) is 5.78 Å². The average molecular weight is 342 g/mol. The zero-order valence-electron chi connectivity index (χ0n) is 13.5. The van der Waals surface area contributed by atoms with E-state index in [0.29, 0.717) is 16.7 Å². The average Bonchev–Trinajstić information content (AvgIpc) is 2.87. The molecular formula is C20H20ClNO2. The van der Waals surface area contributed by atoms with Gasteiger partial charge in [-0.15, -0.1) is 0 Å². The van der Waals surface area contributed by atoms with Crippen molar-refractivity contribution in [3.63, 3.8) is 0 Å². The normalized spacial score (nSPS) is 38.5. The fraction of sp³-hybridized carbons (Fsp3) is 0.500. The highest BCUT2D eigenvalue weighted by molar-refractivity contribution is 6.45. The second-order valence-electron chi connectivity index (χ2n) is 8.04. The fourth-order valence-corrected chi connectivity index (χ4v) is 5.74. The second kappa shape index (κ2) is 5.19. The third-order valence-corrected chi connectivity index (χ3v) is 6.40. The van der Waals surface area contributed by atoms with Crippen molar-refractivity contribution in [2.75, 3.05) is 0 Å². The first-order chi connectivity index (χ1) is 11.6. The second-order valence-corrected chi connectivity index (χ2v) is 8.48. The quantitative estimate of drug-likeness (QED) is 0.785. The lowest BCUT2D eigenvalue weighted by molar-refractivity contribution is -0.109. The first-order valence-corrected chi connectivity index (χ1v) is 9.26. The summed E-state index contributed by atoms with van der Waals surface area (Å²) < 4.78 is 5.86. The number of halogens is 1. The Bertz CT molecular complexity index is 727. The van der Waals surface area contributed by atoms with Gasteiger partial charge >= 0.3 is 0 Å². The molecule has 5 aliphatic rings. The van der Waals surface area contributed by atoms with Crippen molar-refractivity contribution in [1.82, 2.24) is 0 Å². The van der Waals surface area contributed by atoms with Crippen LogP contribution in [-0.4, -0.2) is 17.2 Å². The molecule has 124 valence electrons. The Morgan fingerprint density at radius 2 is 1.58 bits per heavy atom. The third kappa shape index (κ3) is 2.41. The summed E-state index contributed by atoms with van der Waals surface area (Å²) in [4.78, 5) is 17.3. The molecule has 0 unspecified atom stereocenters. The molecular weight excluding hydrogens is 322 g/mol. The standard InChI is InChI=1S/C20H20ClNO2/c21-16-3-1-15(2-4-16)18-8-17(23)19(24-18)22-20-9-12-5-13(10-20)7-14(6-12)11-20/h1-4,8,12-14H,5-7,9-11H2. The monoisotopic (exact) mass is 341 g/mol. The zero-order chi connectivity index (χ0) is 16.3. The largest absolute Gasteiger partial charge is 0.435 e. The molecule has 4 heteroatoms. The van der Waals surface area contributed by atoms with Crippen molar-refractivity contribution < 1.29 is 9.53 Å². The van der Waals surface area contributed by atoms with Crippen molar-refractivity contribution in [2.45, 2.75) is 44.1 Å². The van der Waals surface area contributed by atoms with Crippen LogP contribution in [0, 0.1) is 17.8 Å². The molecule has 0 amide bonds. The SMILES string of the molecule is O=C1C=C(c2ccc(Cl)cc2)OC1=NC12CC3CC(CC(C3)C1)C2. The highest BCUT2D eigenvalue weighted by atomic mass is 35.5. The number of ether oxygens (including phenoxy) is 1. The van der Waals surface area contributed by atoms with Gasteiger partial charge in [-0.2, -0.15) is 0 Å². The van der Waals surface area contributed by atoms with Crippen molar-refractivity contribution >= 4 is 29.0 Å². The highest BCUT2D eigenvalue weighted by Gasteiger charge is 2.51. The molecule has 1 aliphatic heterocycles. The minimum absolute atomic E-state index is 0.0387. The van der Waals surface area contributed by atoms with Gasteiger partial charge in [-0.25, -0.2) is 4.99 Å². The van der Waals surface area contributed by atoms with Crippen LogP contribution in [0.4, 0.5) is 0 Å². The van der Waals surface area contributed by atoms with Gasteiger partial charge in [-0.3, -0.25) is 4.79 Å². The van der Waals surface area contributed by atoms with E-state index in [9.17, 15) is 4.79 Å². The van der Waals surface area contributed by atoms with E-state index >= 15 is 0 Å². The topological polar surface area (TPSA) is 38.7 Å². The Balaban J connectivity index is 1.41. The van der Waals surface area contributed by atoms with Crippen molar-refractivity contribution in [2.24, 2.45) is 22.7 Å². The molecule has 4 aliphatic carbocycles. The highest BCUT2D eigenvalue weighted by Crippen LogP contribution is 2.57. The Labute approximate surface area is 146 Å². The van der Waals surface area contributed by atoms with Crippen LogP contribution in [0.25, 0.3) is 5.76 Å². The minimum Gasteiger partial charge on any atom is -0.435 e. The van der Waals surface area contributed by atoms with Crippen molar-refractivity contribution in [3.8, 4) is 0 Å². The summed E-state index contributed by atoms with van der Waals surface area (Å²) in [5.41, 5.74) is 0.826. The molecule has 0 N–H and O–H groups in total. The maximum Gasteiger partial charge on any atom is 0.264 e. The molecule has 0 atom stereocenters. The predicted molar refractivity (Wildman–Crippen MR) is 93.9 cm³/mol. The molecule has 0 saturated heterocycles. The molecule has 0 spiro atoms. The van der Waals surface area contributed by atoms with Gasteiger partial charge in [-0.1, -0.05) is 11.6 Å². The van der Waals surface area contributed by atoms with Gasteiger partial charge in [0.25, 0.3) is 5.90 Å². The van der Waals surface area contributed by atoms with Gasteiger partial charge < -0.3 is 4.74 Å². The number of carbonyl (C=O) groups excluding carboxylic acids is 1. The van der Waals surface area contributed by atoms with E-state index in [4.69, 9.17) is 21.3 Å². The summed E-state index contributed by atoms with van der Waals surface area (Å²) in [6.45, 7) is 0. The van der Waals surface area contributed by atoms with Crippen LogP contribution in [0.1, 0.15) is 44.1 Å². The molecule has 0 aromatic heterocycles. The summed E-state index contributed by atoms with van der Waals surface area (Å²) in [6, 6.07) is 7.35. The third-order valence-electron chi connectivity index (χ3n) is 6.15. The number of aliphatic imine (C=N–C) groups is 1. The van der Waals surface area contributed by atoms with Crippen LogP contribution in [0.3, 0.4) is 0 Å². The van der Waals surface area contributed by atoms with E-state index in [1.165, 1.54) is 19.3 Å². The number of hydrogen-bond donors (Lipinski definition) is 0. The number of hydrogen-bond acceptors (Lipinski definition) is 3. The number of rotatable bonds is 2. The molecule has 4 saturated carbocycles. The van der Waals surface area contributed by atoms with E-state index < -0.39 is 0 Å². The van der Waals surface area contributed by atoms with Gasteiger partial charge in [0.15, 0.2) is 0 Å². The lowest BCUT2D eigenvalue weighted by Gasteiger charge is -2.54. The summed E-state index contributed by atoms with van der Waals surface area (Å²) in [5, 5.41) is 0.672. The Kier molecular flexibility index (Phi) is 3.18.